The van der Waals surface area contributed by atoms with E-state index in [4.69, 9.17) is 4.99 Å². The molecule has 2 aliphatic heterocycles. The topological polar surface area (TPSA) is 53.0 Å². The van der Waals surface area contributed by atoms with Gasteiger partial charge >= 0.3 is 0 Å². The smallest absolute Gasteiger partial charge is 0.272 e. The molecule has 0 saturated carbocycles. The Labute approximate surface area is 203 Å². The van der Waals surface area contributed by atoms with E-state index in [0.717, 1.165) is 44.9 Å². The van der Waals surface area contributed by atoms with Crippen molar-refractivity contribution in [2.75, 3.05) is 16.8 Å². The maximum absolute atomic E-state index is 14.0. The molecule has 0 radical (unpaired) electrons. The summed E-state index contributed by atoms with van der Waals surface area (Å²) in [5.74, 6) is -0.401. The molecule has 1 saturated heterocycles. The maximum atomic E-state index is 14.0. The number of anilines is 2. The number of amides is 2. The van der Waals surface area contributed by atoms with Gasteiger partial charge in [0.05, 0.1) is 27.5 Å². The van der Waals surface area contributed by atoms with Crippen LogP contribution in [0.25, 0.3) is 5.57 Å². The van der Waals surface area contributed by atoms with Gasteiger partial charge in [-0.25, -0.2) is 4.99 Å². The number of aryl methyl sites for hydroxylation is 2. The minimum atomic E-state index is -0.226. The zero-order chi connectivity index (χ0) is 24.1. The number of carbonyl (C=O) groups is 2. The lowest BCUT2D eigenvalue weighted by molar-refractivity contribution is -0.115. The number of aliphatic imine (C=N–C) groups is 1. The Morgan fingerprint density at radius 1 is 0.735 bits per heavy atom. The predicted octanol–water partition coefficient (Wildman–Crippen LogP) is 6.08. The second-order valence-corrected chi connectivity index (χ2v) is 9.64. The van der Waals surface area contributed by atoms with Gasteiger partial charge in [0.1, 0.15) is 0 Å². The lowest BCUT2D eigenvalue weighted by Crippen LogP contribution is -2.30. The molecule has 1 fully saturated rings. The highest BCUT2D eigenvalue weighted by Gasteiger charge is 2.42. The van der Waals surface area contributed by atoms with Gasteiger partial charge in [0.2, 0.25) is 0 Å². The van der Waals surface area contributed by atoms with Crippen LogP contribution in [0.15, 0.2) is 70.6 Å². The first kappa shape index (κ1) is 22.2. The van der Waals surface area contributed by atoms with Crippen molar-refractivity contribution in [2.24, 2.45) is 4.99 Å². The largest absolute Gasteiger partial charge is 0.311 e. The zero-order valence-electron chi connectivity index (χ0n) is 19.8. The normalized spacial score (nSPS) is 18.9. The lowest BCUT2D eigenvalue weighted by atomic mass is 10.1. The van der Waals surface area contributed by atoms with Crippen molar-refractivity contribution in [3.63, 3.8) is 0 Å². The van der Waals surface area contributed by atoms with Gasteiger partial charge in [-0.15, -0.1) is 0 Å². The number of amidine groups is 1. The van der Waals surface area contributed by atoms with Gasteiger partial charge in [-0.05, 0) is 79.9 Å². The standard InChI is InChI=1S/C28H25N3O2S/c1-16-10-8-13-21(18(16)3)29-28-31(22-15-9-11-17(2)19(22)4)27(33)25(34-28)24-20-12-6-7-14-23(20)30(5)26(24)32/h6-15H,1-5H3. The van der Waals surface area contributed by atoms with Gasteiger partial charge in [-0.1, -0.05) is 42.5 Å². The van der Waals surface area contributed by atoms with Crippen LogP contribution in [0.5, 0.6) is 0 Å². The molecule has 2 heterocycles. The molecule has 34 heavy (non-hydrogen) atoms. The molecule has 0 N–H and O–H groups in total. The molecule has 6 heteroatoms. The number of para-hydroxylation sites is 1. The molecule has 3 aromatic rings. The second kappa shape index (κ2) is 8.29. The van der Waals surface area contributed by atoms with E-state index >= 15 is 0 Å². The summed E-state index contributed by atoms with van der Waals surface area (Å²) in [5, 5.41) is 0.551. The molecule has 0 aromatic heterocycles. The Hall–Kier alpha value is -3.64. The Bertz CT molecular complexity index is 1440. The highest BCUT2D eigenvalue weighted by Crippen LogP contribution is 2.46. The van der Waals surface area contributed by atoms with Gasteiger partial charge in [0, 0.05) is 12.6 Å². The number of carbonyl (C=O) groups excluding carboxylic acids is 2. The van der Waals surface area contributed by atoms with E-state index in [2.05, 4.69) is 0 Å². The molecule has 0 atom stereocenters. The van der Waals surface area contributed by atoms with Crippen LogP contribution in [-0.4, -0.2) is 24.0 Å². The quantitative estimate of drug-likeness (QED) is 0.430. The molecule has 0 spiro atoms. The van der Waals surface area contributed by atoms with E-state index in [-0.39, 0.29) is 11.8 Å². The molecule has 0 unspecified atom stereocenters. The predicted molar refractivity (Wildman–Crippen MR) is 141 cm³/mol. The van der Waals surface area contributed by atoms with Gasteiger partial charge in [0.15, 0.2) is 5.17 Å². The SMILES string of the molecule is Cc1cccc(N=C2SC(=C3C(=O)N(C)c4ccccc43)C(=O)N2c2cccc(C)c2C)c1C. The average Bonchev–Trinajstić information content (AvgIpc) is 3.26. The van der Waals surface area contributed by atoms with Gasteiger partial charge in [-0.2, -0.15) is 0 Å². The summed E-state index contributed by atoms with van der Waals surface area (Å²) in [7, 11) is 1.74. The summed E-state index contributed by atoms with van der Waals surface area (Å²) in [4.78, 5) is 35.9. The van der Waals surface area contributed by atoms with Crippen LogP contribution >= 0.6 is 11.8 Å². The number of hydrogen-bond acceptors (Lipinski definition) is 4. The molecular formula is C28H25N3O2S. The first-order valence-corrected chi connectivity index (χ1v) is 12.0. The van der Waals surface area contributed by atoms with E-state index in [0.29, 0.717) is 15.6 Å². The molecule has 0 aliphatic carbocycles. The second-order valence-electron chi connectivity index (χ2n) is 8.66. The van der Waals surface area contributed by atoms with Crippen molar-refractivity contribution < 1.29 is 9.59 Å². The molecule has 3 aromatic carbocycles. The van der Waals surface area contributed by atoms with E-state index in [1.807, 2.05) is 88.4 Å². The number of likely N-dealkylation sites (N-methyl/N-ethyl adjacent to an activating group) is 1. The number of nitrogens with zero attached hydrogens (tertiary/aromatic N) is 3. The van der Waals surface area contributed by atoms with Crippen molar-refractivity contribution >= 4 is 51.4 Å². The molecule has 5 nitrogen and oxygen atoms in total. The van der Waals surface area contributed by atoms with Gasteiger partial charge in [-0.3, -0.25) is 14.5 Å². The van der Waals surface area contributed by atoms with E-state index in [9.17, 15) is 9.59 Å². The minimum absolute atomic E-state index is 0.175. The van der Waals surface area contributed by atoms with Crippen LogP contribution in [0.4, 0.5) is 17.1 Å². The number of rotatable bonds is 2. The molecule has 5 rings (SSSR count). The van der Waals surface area contributed by atoms with Crippen molar-refractivity contribution in [1.29, 1.82) is 0 Å². The summed E-state index contributed by atoms with van der Waals surface area (Å²) in [6.07, 6.45) is 0. The fourth-order valence-corrected chi connectivity index (χ4v) is 5.42. The summed E-state index contributed by atoms with van der Waals surface area (Å²) in [5.41, 5.74) is 7.91. The third-order valence-electron chi connectivity index (χ3n) is 6.67. The average molecular weight is 468 g/mol. The number of benzene rings is 3. The summed E-state index contributed by atoms with van der Waals surface area (Å²) in [6, 6.07) is 19.5. The summed E-state index contributed by atoms with van der Waals surface area (Å²) >= 11 is 1.27. The first-order valence-electron chi connectivity index (χ1n) is 11.1. The van der Waals surface area contributed by atoms with Crippen LogP contribution in [0.2, 0.25) is 0 Å². The first-order chi connectivity index (χ1) is 16.3. The fourth-order valence-electron chi connectivity index (χ4n) is 4.34. The minimum Gasteiger partial charge on any atom is -0.311 e. The monoisotopic (exact) mass is 467 g/mol. The van der Waals surface area contributed by atoms with Crippen molar-refractivity contribution in [3.8, 4) is 0 Å². The van der Waals surface area contributed by atoms with Gasteiger partial charge < -0.3 is 4.90 Å². The van der Waals surface area contributed by atoms with Crippen molar-refractivity contribution in [3.05, 3.63) is 93.4 Å². The Morgan fingerprint density at radius 2 is 1.38 bits per heavy atom. The Balaban J connectivity index is 1.75. The van der Waals surface area contributed by atoms with Crippen LogP contribution < -0.4 is 9.80 Å². The molecule has 0 bridgehead atoms. The fraction of sp³-hybridized carbons (Fsp3) is 0.179. The van der Waals surface area contributed by atoms with Crippen molar-refractivity contribution in [2.45, 2.75) is 27.7 Å². The van der Waals surface area contributed by atoms with E-state index in [1.54, 1.807) is 16.8 Å². The third kappa shape index (κ3) is 3.37. The number of thioether (sulfide) groups is 1. The zero-order valence-corrected chi connectivity index (χ0v) is 20.7. The highest BCUT2D eigenvalue weighted by atomic mass is 32.2. The van der Waals surface area contributed by atoms with Crippen LogP contribution in [-0.2, 0) is 9.59 Å². The summed E-state index contributed by atoms with van der Waals surface area (Å²) in [6.45, 7) is 8.11. The summed E-state index contributed by atoms with van der Waals surface area (Å²) < 4.78 is 0. The van der Waals surface area contributed by atoms with E-state index < -0.39 is 0 Å². The van der Waals surface area contributed by atoms with Crippen LogP contribution in [0.1, 0.15) is 27.8 Å². The highest BCUT2D eigenvalue weighted by molar-refractivity contribution is 8.19. The number of fused-ring (bicyclic) bond motifs is 1. The molecule has 2 aliphatic rings. The van der Waals surface area contributed by atoms with Gasteiger partial charge in [0.25, 0.3) is 11.8 Å². The third-order valence-corrected chi connectivity index (χ3v) is 7.71. The lowest BCUT2D eigenvalue weighted by Gasteiger charge is -2.19. The molecular weight excluding hydrogens is 442 g/mol. The Morgan fingerprint density at radius 3 is 2.15 bits per heavy atom. The molecule has 170 valence electrons. The van der Waals surface area contributed by atoms with Crippen LogP contribution in [0.3, 0.4) is 0 Å². The number of hydrogen-bond donors (Lipinski definition) is 0. The Kier molecular flexibility index (Phi) is 5.41. The maximum Gasteiger partial charge on any atom is 0.272 e. The van der Waals surface area contributed by atoms with E-state index in [1.165, 1.54) is 11.8 Å². The van der Waals surface area contributed by atoms with Crippen LogP contribution in [0, 0.1) is 27.7 Å². The van der Waals surface area contributed by atoms with Crippen molar-refractivity contribution in [1.82, 2.24) is 0 Å². The molecule has 2 amide bonds.